The Labute approximate surface area is 107 Å². The highest BCUT2D eigenvalue weighted by Crippen LogP contribution is 2.13. The van der Waals surface area contributed by atoms with Gasteiger partial charge in [0.2, 0.25) is 0 Å². The molecule has 0 saturated carbocycles. The lowest BCUT2D eigenvalue weighted by Crippen LogP contribution is -1.88. The summed E-state index contributed by atoms with van der Waals surface area (Å²) in [5.74, 6) is 0. The van der Waals surface area contributed by atoms with Gasteiger partial charge in [-0.3, -0.25) is 0 Å². The number of imidazole rings is 1. The van der Waals surface area contributed by atoms with Gasteiger partial charge in [-0.05, 0) is 31.5 Å². The van der Waals surface area contributed by atoms with Crippen LogP contribution < -0.4 is 0 Å². The van der Waals surface area contributed by atoms with Crippen LogP contribution >= 0.6 is 0 Å². The summed E-state index contributed by atoms with van der Waals surface area (Å²) in [4.78, 5) is 4.66. The summed E-state index contributed by atoms with van der Waals surface area (Å²) in [7, 11) is 0. The van der Waals surface area contributed by atoms with Crippen LogP contribution in [-0.2, 0) is 6.42 Å². The Morgan fingerprint density at radius 1 is 1.06 bits per heavy atom. The molecular weight excluding hydrogens is 220 g/mol. The van der Waals surface area contributed by atoms with Gasteiger partial charge in [-0.2, -0.15) is 0 Å². The van der Waals surface area contributed by atoms with E-state index in [9.17, 15) is 0 Å². The Morgan fingerprint density at radius 3 is 2.67 bits per heavy atom. The molecule has 18 heavy (non-hydrogen) atoms. The van der Waals surface area contributed by atoms with Crippen LogP contribution in [0.4, 0.5) is 0 Å². The minimum absolute atomic E-state index is 0.892. The standard InChI is InChI=1S/C16H16N2/c1-12-5-3-7-14(9-12)10-15-11-18-13(2)6-4-8-16(18)17-15/h3-9,11H,10H2,1-2H3. The molecule has 1 aromatic carbocycles. The zero-order valence-electron chi connectivity index (χ0n) is 10.7. The van der Waals surface area contributed by atoms with Crippen molar-refractivity contribution >= 4 is 5.65 Å². The number of fused-ring (bicyclic) bond motifs is 1. The van der Waals surface area contributed by atoms with Crippen LogP contribution in [0.5, 0.6) is 0 Å². The second-order valence-corrected chi connectivity index (χ2v) is 4.79. The van der Waals surface area contributed by atoms with Crippen molar-refractivity contribution in [1.82, 2.24) is 9.38 Å². The number of pyridine rings is 1. The van der Waals surface area contributed by atoms with Gasteiger partial charge in [0.1, 0.15) is 5.65 Å². The second-order valence-electron chi connectivity index (χ2n) is 4.79. The third-order valence-electron chi connectivity index (χ3n) is 3.21. The number of hydrogen-bond donors (Lipinski definition) is 0. The Kier molecular flexibility index (Phi) is 2.63. The average Bonchev–Trinajstić information content (AvgIpc) is 2.73. The number of hydrogen-bond acceptors (Lipinski definition) is 1. The number of aromatic nitrogens is 2. The first-order chi connectivity index (χ1) is 8.72. The van der Waals surface area contributed by atoms with E-state index in [4.69, 9.17) is 0 Å². The lowest BCUT2D eigenvalue weighted by Gasteiger charge is -1.99. The fraction of sp³-hybridized carbons (Fsp3) is 0.188. The van der Waals surface area contributed by atoms with Crippen molar-refractivity contribution in [2.45, 2.75) is 20.3 Å². The van der Waals surface area contributed by atoms with E-state index < -0.39 is 0 Å². The Bertz CT molecular complexity index is 695. The third kappa shape index (κ3) is 2.02. The van der Waals surface area contributed by atoms with Gasteiger partial charge in [-0.1, -0.05) is 35.9 Å². The molecule has 0 aliphatic carbocycles. The van der Waals surface area contributed by atoms with E-state index in [0.29, 0.717) is 0 Å². The molecule has 0 spiro atoms. The Balaban J connectivity index is 1.98. The second kappa shape index (κ2) is 4.30. The van der Waals surface area contributed by atoms with E-state index in [0.717, 1.165) is 17.8 Å². The minimum Gasteiger partial charge on any atom is -0.304 e. The summed E-state index contributed by atoms with van der Waals surface area (Å²) in [6.07, 6.45) is 3.02. The number of benzene rings is 1. The molecule has 2 heterocycles. The Morgan fingerprint density at radius 2 is 1.89 bits per heavy atom. The van der Waals surface area contributed by atoms with Crippen molar-refractivity contribution in [3.63, 3.8) is 0 Å². The molecule has 90 valence electrons. The number of nitrogens with zero attached hydrogens (tertiary/aromatic N) is 2. The van der Waals surface area contributed by atoms with Crippen LogP contribution in [0, 0.1) is 13.8 Å². The van der Waals surface area contributed by atoms with Crippen LogP contribution in [0.3, 0.4) is 0 Å². The average molecular weight is 236 g/mol. The molecule has 2 nitrogen and oxygen atoms in total. The van der Waals surface area contributed by atoms with Crippen LogP contribution in [-0.4, -0.2) is 9.38 Å². The first-order valence-corrected chi connectivity index (χ1v) is 6.21. The molecule has 3 aromatic rings. The van der Waals surface area contributed by atoms with E-state index in [-0.39, 0.29) is 0 Å². The maximum absolute atomic E-state index is 4.66. The summed E-state index contributed by atoms with van der Waals surface area (Å²) in [5.41, 5.74) is 5.98. The van der Waals surface area contributed by atoms with E-state index in [1.54, 1.807) is 0 Å². The highest BCUT2D eigenvalue weighted by atomic mass is 15.0. The largest absolute Gasteiger partial charge is 0.304 e. The van der Waals surface area contributed by atoms with Crippen molar-refractivity contribution in [2.75, 3.05) is 0 Å². The molecule has 0 N–H and O–H groups in total. The normalized spacial score (nSPS) is 11.0. The summed E-state index contributed by atoms with van der Waals surface area (Å²) < 4.78 is 2.14. The predicted octanol–water partition coefficient (Wildman–Crippen LogP) is 3.54. The van der Waals surface area contributed by atoms with Gasteiger partial charge in [0.05, 0.1) is 5.69 Å². The van der Waals surface area contributed by atoms with Crippen LogP contribution in [0.25, 0.3) is 5.65 Å². The zero-order chi connectivity index (χ0) is 12.5. The lowest BCUT2D eigenvalue weighted by molar-refractivity contribution is 1.08. The number of aryl methyl sites for hydroxylation is 2. The molecule has 0 aliphatic rings. The summed E-state index contributed by atoms with van der Waals surface area (Å²) in [6, 6.07) is 14.8. The maximum Gasteiger partial charge on any atom is 0.137 e. The van der Waals surface area contributed by atoms with E-state index in [1.807, 2.05) is 12.1 Å². The van der Waals surface area contributed by atoms with Crippen molar-refractivity contribution < 1.29 is 0 Å². The highest BCUT2D eigenvalue weighted by molar-refractivity contribution is 5.42. The van der Waals surface area contributed by atoms with Gasteiger partial charge in [-0.25, -0.2) is 4.98 Å². The summed E-state index contributed by atoms with van der Waals surface area (Å²) >= 11 is 0. The van der Waals surface area contributed by atoms with Crippen molar-refractivity contribution in [2.24, 2.45) is 0 Å². The predicted molar refractivity (Wildman–Crippen MR) is 73.9 cm³/mol. The van der Waals surface area contributed by atoms with E-state index in [1.165, 1.54) is 16.8 Å². The monoisotopic (exact) mass is 236 g/mol. The van der Waals surface area contributed by atoms with Gasteiger partial charge in [0.15, 0.2) is 0 Å². The summed E-state index contributed by atoms with van der Waals surface area (Å²) in [6.45, 7) is 4.22. The van der Waals surface area contributed by atoms with Crippen LogP contribution in [0.15, 0.2) is 48.7 Å². The first-order valence-electron chi connectivity index (χ1n) is 6.21. The van der Waals surface area contributed by atoms with E-state index >= 15 is 0 Å². The molecule has 0 atom stereocenters. The molecule has 0 fully saturated rings. The number of rotatable bonds is 2. The molecule has 2 heteroatoms. The van der Waals surface area contributed by atoms with Gasteiger partial charge >= 0.3 is 0 Å². The minimum atomic E-state index is 0.892. The van der Waals surface area contributed by atoms with Gasteiger partial charge in [0, 0.05) is 18.3 Å². The molecule has 0 unspecified atom stereocenters. The molecule has 0 radical (unpaired) electrons. The van der Waals surface area contributed by atoms with Gasteiger partial charge in [-0.15, -0.1) is 0 Å². The van der Waals surface area contributed by atoms with E-state index in [2.05, 4.69) is 59.8 Å². The van der Waals surface area contributed by atoms with Crippen LogP contribution in [0.1, 0.15) is 22.5 Å². The topological polar surface area (TPSA) is 17.3 Å². The molecule has 0 aliphatic heterocycles. The lowest BCUT2D eigenvalue weighted by atomic mass is 10.1. The highest BCUT2D eigenvalue weighted by Gasteiger charge is 2.04. The molecular formula is C16H16N2. The van der Waals surface area contributed by atoms with Gasteiger partial charge in [0.25, 0.3) is 0 Å². The first kappa shape index (κ1) is 11.0. The quantitative estimate of drug-likeness (QED) is 0.665. The fourth-order valence-corrected chi connectivity index (χ4v) is 2.32. The van der Waals surface area contributed by atoms with Gasteiger partial charge < -0.3 is 4.40 Å². The Hall–Kier alpha value is -2.09. The fourth-order valence-electron chi connectivity index (χ4n) is 2.32. The zero-order valence-corrected chi connectivity index (χ0v) is 10.7. The van der Waals surface area contributed by atoms with Crippen molar-refractivity contribution in [3.8, 4) is 0 Å². The molecule has 3 rings (SSSR count). The van der Waals surface area contributed by atoms with Crippen LogP contribution in [0.2, 0.25) is 0 Å². The molecule has 0 bridgehead atoms. The molecule has 2 aromatic heterocycles. The maximum atomic E-state index is 4.66. The van der Waals surface area contributed by atoms with Crippen molar-refractivity contribution in [3.05, 3.63) is 71.2 Å². The smallest absolute Gasteiger partial charge is 0.137 e. The molecule has 0 amide bonds. The van der Waals surface area contributed by atoms with Crippen molar-refractivity contribution in [1.29, 1.82) is 0 Å². The summed E-state index contributed by atoms with van der Waals surface area (Å²) in [5, 5.41) is 0. The SMILES string of the molecule is Cc1cccc(Cc2cn3c(C)cccc3n2)c1. The third-order valence-corrected chi connectivity index (χ3v) is 3.21. The molecule has 0 saturated heterocycles.